The third kappa shape index (κ3) is 3.43. The molecular formula is C12H14N6O4S2. The van der Waals surface area contributed by atoms with E-state index in [-0.39, 0.29) is 17.3 Å². The van der Waals surface area contributed by atoms with Crippen molar-refractivity contribution >= 4 is 33.2 Å². The molecule has 0 amide bonds. The Bertz CT molecular complexity index is 887. The molecule has 1 saturated heterocycles. The first-order valence-electron chi connectivity index (χ1n) is 6.97. The van der Waals surface area contributed by atoms with Crippen LogP contribution >= 0.6 is 11.3 Å². The predicted molar refractivity (Wildman–Crippen MR) is 88.8 cm³/mol. The molecule has 1 aliphatic heterocycles. The highest BCUT2D eigenvalue weighted by molar-refractivity contribution is 7.91. The lowest BCUT2D eigenvalue weighted by Gasteiger charge is -2.23. The molecule has 1 fully saturated rings. The maximum Gasteiger partial charge on any atom is 0.342 e. The maximum absolute atomic E-state index is 11.4. The predicted octanol–water partition coefficient (Wildman–Crippen LogP) is 0.516. The topological polar surface area (TPSA) is 124 Å². The standard InChI is InChI=1S/C12H14N6O4S2/c1-16-10(18(19)20)7-13-11(16)12-15-9(8-23-12)6-14-17-2-4-24(21,22)5-3-17/h6-8H,2-5H2,1H3/b14-6+. The Labute approximate surface area is 141 Å². The first-order valence-corrected chi connectivity index (χ1v) is 9.67. The van der Waals surface area contributed by atoms with Crippen LogP contribution in [-0.2, 0) is 16.9 Å². The largest absolute Gasteiger partial charge is 0.358 e. The molecule has 24 heavy (non-hydrogen) atoms. The zero-order chi connectivity index (χ0) is 17.3. The number of aromatic nitrogens is 3. The third-order valence-electron chi connectivity index (χ3n) is 3.54. The first-order chi connectivity index (χ1) is 11.4. The van der Waals surface area contributed by atoms with Crippen LogP contribution in [0.25, 0.3) is 10.8 Å². The van der Waals surface area contributed by atoms with Gasteiger partial charge >= 0.3 is 5.82 Å². The SMILES string of the molecule is Cn1c([N+](=O)[O-])cnc1-c1nc(/C=N/N2CCS(=O)(=O)CC2)cs1. The molecule has 0 atom stereocenters. The van der Waals surface area contributed by atoms with Crippen molar-refractivity contribution in [3.63, 3.8) is 0 Å². The van der Waals surface area contributed by atoms with Crippen molar-refractivity contribution in [3.05, 3.63) is 27.4 Å². The van der Waals surface area contributed by atoms with Crippen molar-refractivity contribution < 1.29 is 13.3 Å². The third-order valence-corrected chi connectivity index (χ3v) is 6.00. The van der Waals surface area contributed by atoms with Gasteiger partial charge in [-0.15, -0.1) is 11.3 Å². The van der Waals surface area contributed by atoms with Crippen LogP contribution in [0.1, 0.15) is 5.69 Å². The van der Waals surface area contributed by atoms with Gasteiger partial charge in [-0.25, -0.2) is 23.0 Å². The Morgan fingerprint density at radius 1 is 1.42 bits per heavy atom. The van der Waals surface area contributed by atoms with E-state index in [0.717, 1.165) is 0 Å². The van der Waals surface area contributed by atoms with Crippen LogP contribution in [0.15, 0.2) is 16.7 Å². The molecule has 0 radical (unpaired) electrons. The fraction of sp³-hybridized carbons (Fsp3) is 0.417. The Hall–Kier alpha value is -2.34. The van der Waals surface area contributed by atoms with Crippen LogP contribution in [0.3, 0.4) is 0 Å². The van der Waals surface area contributed by atoms with Crippen LogP contribution in [-0.4, -0.2) is 63.7 Å². The monoisotopic (exact) mass is 370 g/mol. The van der Waals surface area contributed by atoms with Gasteiger partial charge in [-0.1, -0.05) is 0 Å². The second-order valence-corrected chi connectivity index (χ2v) is 8.35. The highest BCUT2D eigenvalue weighted by Crippen LogP contribution is 2.25. The molecule has 0 aromatic carbocycles. The van der Waals surface area contributed by atoms with E-state index >= 15 is 0 Å². The van der Waals surface area contributed by atoms with E-state index in [0.29, 0.717) is 29.6 Å². The number of nitrogens with zero attached hydrogens (tertiary/aromatic N) is 6. The molecular weight excluding hydrogens is 356 g/mol. The molecule has 1 aliphatic rings. The summed E-state index contributed by atoms with van der Waals surface area (Å²) in [5.74, 6) is 0.507. The summed E-state index contributed by atoms with van der Waals surface area (Å²) < 4.78 is 24.1. The molecule has 128 valence electrons. The lowest BCUT2D eigenvalue weighted by atomic mass is 10.5. The summed E-state index contributed by atoms with van der Waals surface area (Å²) in [7, 11) is -1.38. The minimum absolute atomic E-state index is 0.101. The fourth-order valence-corrected chi connectivity index (χ4v) is 4.16. The maximum atomic E-state index is 11.4. The zero-order valence-electron chi connectivity index (χ0n) is 12.7. The Morgan fingerprint density at radius 2 is 2.12 bits per heavy atom. The van der Waals surface area contributed by atoms with Crippen LogP contribution in [0.5, 0.6) is 0 Å². The minimum atomic E-state index is -2.94. The fourth-order valence-electron chi connectivity index (χ4n) is 2.18. The number of sulfone groups is 1. The number of rotatable bonds is 4. The molecule has 0 bridgehead atoms. The van der Waals surface area contributed by atoms with Gasteiger partial charge in [0.15, 0.2) is 14.8 Å². The Balaban J connectivity index is 1.72. The van der Waals surface area contributed by atoms with Gasteiger partial charge in [-0.2, -0.15) is 5.10 Å². The smallest absolute Gasteiger partial charge is 0.342 e. The highest BCUT2D eigenvalue weighted by Gasteiger charge is 2.21. The Kier molecular flexibility index (Phi) is 4.32. The number of hydrogen-bond donors (Lipinski definition) is 0. The van der Waals surface area contributed by atoms with Gasteiger partial charge in [-0.05, 0) is 4.92 Å². The number of nitro groups is 1. The average Bonchev–Trinajstić information content (AvgIpc) is 3.12. The quantitative estimate of drug-likeness (QED) is 0.436. The number of imidazole rings is 1. The van der Waals surface area contributed by atoms with E-state index in [1.165, 1.54) is 22.1 Å². The van der Waals surface area contributed by atoms with Gasteiger partial charge in [0, 0.05) is 5.38 Å². The molecule has 0 N–H and O–H groups in total. The number of hydrazone groups is 1. The van der Waals surface area contributed by atoms with Crippen LogP contribution in [0, 0.1) is 10.1 Å². The summed E-state index contributed by atoms with van der Waals surface area (Å²) in [6.45, 7) is 0.725. The van der Waals surface area contributed by atoms with Crippen LogP contribution in [0.4, 0.5) is 5.82 Å². The summed E-state index contributed by atoms with van der Waals surface area (Å²) in [5, 5.41) is 19.1. The summed E-state index contributed by atoms with van der Waals surface area (Å²) in [6.07, 6.45) is 2.74. The number of thiazole rings is 1. The molecule has 3 rings (SSSR count). The molecule has 2 aromatic rings. The number of hydrogen-bond acceptors (Lipinski definition) is 9. The second-order valence-electron chi connectivity index (χ2n) is 5.18. The average molecular weight is 370 g/mol. The zero-order valence-corrected chi connectivity index (χ0v) is 14.3. The van der Waals surface area contributed by atoms with Gasteiger partial charge in [0.25, 0.3) is 5.82 Å². The van der Waals surface area contributed by atoms with Crippen molar-refractivity contribution in [2.45, 2.75) is 0 Å². The molecule has 12 heteroatoms. The van der Waals surface area contributed by atoms with Crippen molar-refractivity contribution in [1.82, 2.24) is 19.5 Å². The normalized spacial score (nSPS) is 17.5. The molecule has 3 heterocycles. The molecule has 0 spiro atoms. The van der Waals surface area contributed by atoms with E-state index in [2.05, 4.69) is 15.1 Å². The van der Waals surface area contributed by atoms with Gasteiger partial charge < -0.3 is 10.1 Å². The molecule has 0 aliphatic carbocycles. The van der Waals surface area contributed by atoms with Gasteiger partial charge in [0.05, 0.1) is 43.6 Å². The van der Waals surface area contributed by atoms with Crippen LogP contribution < -0.4 is 0 Å². The lowest BCUT2D eigenvalue weighted by Crippen LogP contribution is -2.37. The van der Waals surface area contributed by atoms with E-state index in [1.54, 1.807) is 23.7 Å². The lowest BCUT2D eigenvalue weighted by molar-refractivity contribution is -0.391. The van der Waals surface area contributed by atoms with Gasteiger partial charge in [-0.3, -0.25) is 5.01 Å². The second kappa shape index (κ2) is 6.28. The van der Waals surface area contributed by atoms with Gasteiger partial charge in [0.1, 0.15) is 6.20 Å². The highest BCUT2D eigenvalue weighted by atomic mass is 32.2. The molecule has 2 aromatic heterocycles. The summed E-state index contributed by atoms with van der Waals surface area (Å²) in [5.41, 5.74) is 0.592. The summed E-state index contributed by atoms with van der Waals surface area (Å²) >= 11 is 1.31. The van der Waals surface area contributed by atoms with E-state index < -0.39 is 14.8 Å². The summed E-state index contributed by atoms with van der Waals surface area (Å²) in [4.78, 5) is 18.7. The summed E-state index contributed by atoms with van der Waals surface area (Å²) in [6, 6.07) is 0. The van der Waals surface area contributed by atoms with Crippen LogP contribution in [0.2, 0.25) is 0 Å². The van der Waals surface area contributed by atoms with Crippen molar-refractivity contribution in [2.24, 2.45) is 12.1 Å². The Morgan fingerprint density at radius 3 is 2.75 bits per heavy atom. The van der Waals surface area contributed by atoms with E-state index in [4.69, 9.17) is 0 Å². The van der Waals surface area contributed by atoms with E-state index in [9.17, 15) is 18.5 Å². The van der Waals surface area contributed by atoms with E-state index in [1.807, 2.05) is 0 Å². The molecule has 10 nitrogen and oxygen atoms in total. The molecule has 0 unspecified atom stereocenters. The van der Waals surface area contributed by atoms with Crippen molar-refractivity contribution in [1.29, 1.82) is 0 Å². The minimum Gasteiger partial charge on any atom is -0.358 e. The van der Waals surface area contributed by atoms with Crippen molar-refractivity contribution in [2.75, 3.05) is 24.6 Å². The first kappa shape index (κ1) is 16.5. The van der Waals surface area contributed by atoms with Crippen molar-refractivity contribution in [3.8, 4) is 10.8 Å². The molecule has 0 saturated carbocycles. The van der Waals surface area contributed by atoms with Gasteiger partial charge in [0.2, 0.25) is 0 Å².